The molecule has 0 N–H and O–H groups in total. The third kappa shape index (κ3) is 7.37. The lowest BCUT2D eigenvalue weighted by Gasteiger charge is -2.38. The van der Waals surface area contributed by atoms with Gasteiger partial charge in [-0.3, -0.25) is 9.80 Å². The molecule has 0 atom stereocenters. The maximum Gasteiger partial charge on any atom is 0.430 e. The molecule has 41 heavy (non-hydrogen) atoms. The number of rotatable bonds is 3. The third-order valence-corrected chi connectivity index (χ3v) is 9.06. The number of aromatic nitrogens is 1. The fraction of sp³-hybridized carbons (Fsp3) is 0.567. The smallest absolute Gasteiger partial charge is 0.430 e. The third-order valence-electron chi connectivity index (χ3n) is 7.99. The Hall–Kier alpha value is -2.76. The van der Waals surface area contributed by atoms with Gasteiger partial charge in [-0.1, -0.05) is 0 Å². The molecule has 1 aliphatic carbocycles. The van der Waals surface area contributed by atoms with Gasteiger partial charge in [-0.25, -0.2) is 9.56 Å². The number of aliphatic carboxylic acids is 1. The highest BCUT2D eigenvalue weighted by Crippen LogP contribution is 2.35. The van der Waals surface area contributed by atoms with Crippen LogP contribution in [0.3, 0.4) is 0 Å². The van der Waals surface area contributed by atoms with Gasteiger partial charge in [0.25, 0.3) is 0 Å². The zero-order valence-electron chi connectivity index (χ0n) is 24.7. The summed E-state index contributed by atoms with van der Waals surface area (Å²) in [5.74, 6) is -3.01. The van der Waals surface area contributed by atoms with E-state index in [1.54, 1.807) is 0 Å². The zero-order chi connectivity index (χ0) is 30.1. The summed E-state index contributed by atoms with van der Waals surface area (Å²) in [4.78, 5) is 23.0. The Balaban J connectivity index is 0.000000493. The Kier molecular flexibility index (Phi) is 9.60. The van der Waals surface area contributed by atoms with E-state index in [0.717, 1.165) is 63.6 Å². The van der Waals surface area contributed by atoms with E-state index in [1.165, 1.54) is 31.7 Å². The first-order valence-corrected chi connectivity index (χ1v) is 15.0. The minimum absolute atomic E-state index is 0.629. The summed E-state index contributed by atoms with van der Waals surface area (Å²) in [7, 11) is 0. The van der Waals surface area contributed by atoms with Crippen LogP contribution in [0.2, 0.25) is 0 Å². The highest BCUT2D eigenvalue weighted by Gasteiger charge is 2.29. The number of carboxylic acids is 1. The number of carbonyl (C=O) groups is 1. The maximum absolute atomic E-state index is 10.5. The van der Waals surface area contributed by atoms with Crippen LogP contribution in [0.15, 0.2) is 24.3 Å². The number of hydrogen-bond donors (Lipinski definition) is 0. The molecular weight excluding hydrogens is 551 g/mol. The van der Waals surface area contributed by atoms with Gasteiger partial charge >= 0.3 is 6.18 Å². The van der Waals surface area contributed by atoms with E-state index in [-0.39, 0.29) is 0 Å². The fourth-order valence-electron chi connectivity index (χ4n) is 5.49. The van der Waals surface area contributed by atoms with E-state index >= 15 is 0 Å². The van der Waals surface area contributed by atoms with Gasteiger partial charge in [0.05, 0.1) is 33.9 Å². The summed E-state index contributed by atoms with van der Waals surface area (Å²) in [5, 5.41) is 10.1. The van der Waals surface area contributed by atoms with Crippen molar-refractivity contribution in [1.29, 1.82) is 0 Å². The van der Waals surface area contributed by atoms with Crippen molar-refractivity contribution in [3.63, 3.8) is 0 Å². The topological polar surface area (TPSA) is 65.8 Å². The largest absolute Gasteiger partial charge is 0.542 e. The second kappa shape index (κ2) is 12.6. The summed E-state index contributed by atoms with van der Waals surface area (Å²) in [6, 6.07) is 10.7. The van der Waals surface area contributed by atoms with Gasteiger partial charge < -0.3 is 14.8 Å². The number of halogens is 3. The van der Waals surface area contributed by atoms with Gasteiger partial charge in [-0.2, -0.15) is 13.2 Å². The van der Waals surface area contributed by atoms with Crippen molar-refractivity contribution in [2.75, 3.05) is 57.3 Å². The van der Waals surface area contributed by atoms with Crippen molar-refractivity contribution in [1.82, 2.24) is 19.4 Å². The summed E-state index contributed by atoms with van der Waals surface area (Å²) in [5.41, 5.74) is 6.23. The average Bonchev–Trinajstić information content (AvgIpc) is 2.92. The molecule has 0 bridgehead atoms. The van der Waals surface area contributed by atoms with Crippen LogP contribution in [0.25, 0.3) is 20.8 Å². The Bertz CT molecular complexity index is 1420. The van der Waals surface area contributed by atoms with Crippen LogP contribution in [0, 0.1) is 13.8 Å². The molecule has 1 aromatic rings. The van der Waals surface area contributed by atoms with Gasteiger partial charge in [0.15, 0.2) is 13.1 Å². The number of carboxylic acid groups (broad SMARTS) is 1. The van der Waals surface area contributed by atoms with Gasteiger partial charge in [0, 0.05) is 56.1 Å². The number of aryl methyl sites for hydroxylation is 2. The van der Waals surface area contributed by atoms with Crippen LogP contribution >= 0.6 is 11.3 Å². The number of carbonyl (C=O) groups excluding carboxylic acids is 1. The molecule has 0 saturated carbocycles. The predicted molar refractivity (Wildman–Crippen MR) is 157 cm³/mol. The van der Waals surface area contributed by atoms with Gasteiger partial charge in [0.2, 0.25) is 5.36 Å². The minimum atomic E-state index is -5.19. The van der Waals surface area contributed by atoms with Crippen LogP contribution < -0.4 is 19.9 Å². The highest BCUT2D eigenvalue weighted by atomic mass is 32.1. The minimum Gasteiger partial charge on any atom is -0.542 e. The van der Waals surface area contributed by atoms with Crippen LogP contribution in [-0.4, -0.2) is 91.4 Å². The first-order valence-electron chi connectivity index (χ1n) is 14.2. The number of piperazine rings is 2. The highest BCUT2D eigenvalue weighted by molar-refractivity contribution is 7.21. The van der Waals surface area contributed by atoms with Gasteiger partial charge in [-0.15, -0.1) is 11.3 Å². The normalized spacial score (nSPS) is 17.4. The molecule has 1 aromatic carbocycles. The van der Waals surface area contributed by atoms with Crippen molar-refractivity contribution in [3.05, 3.63) is 40.7 Å². The summed E-state index contributed by atoms with van der Waals surface area (Å²) < 4.78 is 35.4. The van der Waals surface area contributed by atoms with Crippen molar-refractivity contribution in [2.45, 2.75) is 59.8 Å². The van der Waals surface area contributed by atoms with Crippen LogP contribution in [0.4, 0.5) is 18.9 Å². The Morgan fingerprint density at radius 3 is 2.00 bits per heavy atom. The molecule has 3 aliphatic heterocycles. The van der Waals surface area contributed by atoms with E-state index in [2.05, 4.69) is 85.1 Å². The SMILES string of the molecule is Cc1cc(=[N+]2CCN(C(C)C)CC2)cc2sc3cc(N4CCN(C(C)C)CC4)cc(C)c3nc1-2.O=C([O-])C(F)(F)F. The number of fused-ring (bicyclic) bond motifs is 2. The molecule has 2 saturated heterocycles. The molecule has 0 unspecified atom stereocenters. The Morgan fingerprint density at radius 1 is 0.902 bits per heavy atom. The van der Waals surface area contributed by atoms with Crippen molar-refractivity contribution in [3.8, 4) is 10.6 Å². The molecule has 11 heteroatoms. The lowest BCUT2D eigenvalue weighted by atomic mass is 10.1. The van der Waals surface area contributed by atoms with Crippen molar-refractivity contribution >= 4 is 33.2 Å². The molecule has 224 valence electrons. The maximum atomic E-state index is 10.5. The summed E-state index contributed by atoms with van der Waals surface area (Å²) in [6.45, 7) is 22.6. The van der Waals surface area contributed by atoms with E-state index in [9.17, 15) is 13.2 Å². The zero-order valence-corrected chi connectivity index (χ0v) is 25.5. The number of alkyl halides is 3. The lowest BCUT2D eigenvalue weighted by molar-refractivity contribution is -0.344. The van der Waals surface area contributed by atoms with Gasteiger partial charge in [0.1, 0.15) is 5.97 Å². The van der Waals surface area contributed by atoms with Crippen LogP contribution in [0.5, 0.6) is 0 Å². The molecule has 5 rings (SSSR count). The molecule has 0 radical (unpaired) electrons. The monoisotopic (exact) mass is 591 g/mol. The molecule has 4 aliphatic rings. The first-order chi connectivity index (χ1) is 19.2. The lowest BCUT2D eigenvalue weighted by Crippen LogP contribution is -2.50. The van der Waals surface area contributed by atoms with Crippen molar-refractivity contribution < 1.29 is 23.1 Å². The molecule has 2 fully saturated rings. The Labute approximate surface area is 243 Å². The standard InChI is InChI=1S/C28H40N5S.C2HF3O2/c1-19(2)30-7-11-32(12-8-30)23-15-21(5)27-25(17-23)34-26-18-24(16-22(6)28(26)29-27)33-13-9-31(10-14-33)20(3)4;3-2(4,5)1(6)7/h15-20H,7-14H2,1-6H3;(H,6,7)/q+1;/p-1. The second-order valence-electron chi connectivity index (χ2n) is 11.5. The predicted octanol–water partition coefficient (Wildman–Crippen LogP) is 3.34. The van der Waals surface area contributed by atoms with Gasteiger partial charge in [-0.05, 0) is 64.8 Å². The number of nitrogens with zero attached hydrogens (tertiary/aromatic N) is 5. The molecule has 7 nitrogen and oxygen atoms in total. The number of anilines is 1. The second-order valence-corrected chi connectivity index (χ2v) is 12.5. The summed E-state index contributed by atoms with van der Waals surface area (Å²) in [6.07, 6.45) is -5.19. The summed E-state index contributed by atoms with van der Waals surface area (Å²) >= 11 is 1.91. The quantitative estimate of drug-likeness (QED) is 0.344. The first kappa shape index (κ1) is 31.2. The molecule has 0 spiro atoms. The molecule has 0 aromatic heterocycles. The van der Waals surface area contributed by atoms with E-state index < -0.39 is 12.1 Å². The van der Waals surface area contributed by atoms with E-state index in [0.29, 0.717) is 12.1 Å². The Morgan fingerprint density at radius 2 is 1.46 bits per heavy atom. The number of hydrogen-bond acceptors (Lipinski definition) is 7. The molecule has 0 amide bonds. The van der Waals surface area contributed by atoms with Crippen LogP contribution in [-0.2, 0) is 4.79 Å². The fourth-order valence-corrected chi connectivity index (χ4v) is 6.69. The molecular formula is C30H40F3N5O2S. The average molecular weight is 592 g/mol. The van der Waals surface area contributed by atoms with Crippen molar-refractivity contribution in [2.24, 2.45) is 0 Å². The number of benzene rings is 2. The molecule has 3 heterocycles. The van der Waals surface area contributed by atoms with E-state index in [1.807, 2.05) is 11.3 Å². The van der Waals surface area contributed by atoms with E-state index in [4.69, 9.17) is 14.9 Å². The van der Waals surface area contributed by atoms with Crippen LogP contribution in [0.1, 0.15) is 38.8 Å².